The maximum absolute atomic E-state index is 12.7. The summed E-state index contributed by atoms with van der Waals surface area (Å²) in [6, 6.07) is 21.0. The van der Waals surface area contributed by atoms with E-state index in [2.05, 4.69) is 86.0 Å². The number of hydrogen-bond acceptors (Lipinski definition) is 4. The maximum atomic E-state index is 12.7. The number of likely N-dealkylation sites (N-methyl/N-ethyl adjacent to an activating group) is 2. The summed E-state index contributed by atoms with van der Waals surface area (Å²) < 4.78 is 2.12. The van der Waals surface area contributed by atoms with Gasteiger partial charge in [-0.25, -0.2) is 0 Å². The summed E-state index contributed by atoms with van der Waals surface area (Å²) in [6.07, 6.45) is 1.74. The molecule has 0 atom stereocenters. The fourth-order valence-electron chi connectivity index (χ4n) is 3.54. The first-order chi connectivity index (χ1) is 15.3. The number of aryl methyl sites for hydroxylation is 2. The molecule has 164 valence electrons. The molecule has 2 amide bonds. The van der Waals surface area contributed by atoms with Crippen LogP contribution in [0.5, 0.6) is 0 Å². The van der Waals surface area contributed by atoms with Gasteiger partial charge in [0.15, 0.2) is 0 Å². The average Bonchev–Trinajstić information content (AvgIpc) is 3.25. The molecule has 2 heterocycles. The zero-order chi connectivity index (χ0) is 23.0. The van der Waals surface area contributed by atoms with Crippen molar-refractivity contribution in [3.05, 3.63) is 81.8 Å². The zero-order valence-corrected chi connectivity index (χ0v) is 21.0. The summed E-state index contributed by atoms with van der Waals surface area (Å²) in [6.45, 7) is 4.15. The van der Waals surface area contributed by atoms with Crippen LogP contribution in [-0.4, -0.2) is 55.7 Å². The van der Waals surface area contributed by atoms with Crippen molar-refractivity contribution in [2.45, 2.75) is 19.3 Å². The van der Waals surface area contributed by atoms with Gasteiger partial charge in [-0.15, -0.1) is 0 Å². The number of rotatable bonds is 4. The van der Waals surface area contributed by atoms with Gasteiger partial charge in [0.25, 0.3) is 0 Å². The Morgan fingerprint density at radius 2 is 1.28 bits per heavy atom. The molecule has 2 aromatic carbocycles. The summed E-state index contributed by atoms with van der Waals surface area (Å²) in [5, 5.41) is 0. The van der Waals surface area contributed by atoms with Crippen molar-refractivity contribution < 1.29 is 9.59 Å². The van der Waals surface area contributed by atoms with E-state index in [0.29, 0.717) is 0 Å². The van der Waals surface area contributed by atoms with Gasteiger partial charge in [0.05, 0.1) is 0 Å². The Morgan fingerprint density at radius 1 is 0.812 bits per heavy atom. The van der Waals surface area contributed by atoms with Gasteiger partial charge in [-0.1, -0.05) is 0 Å². The third-order valence-electron chi connectivity index (χ3n) is 5.50. The summed E-state index contributed by atoms with van der Waals surface area (Å²) in [5.41, 5.74) is 4.20. The second-order valence-corrected chi connectivity index (χ2v) is 10.7. The van der Waals surface area contributed by atoms with Crippen LogP contribution in [0.25, 0.3) is 6.08 Å². The monoisotopic (exact) mass is 511 g/mol. The first kappa shape index (κ1) is 22.5. The van der Waals surface area contributed by atoms with Gasteiger partial charge >= 0.3 is 200 Å². The first-order valence-corrected chi connectivity index (χ1v) is 12.5. The van der Waals surface area contributed by atoms with E-state index in [1.807, 2.05) is 6.07 Å². The number of amides is 2. The Kier molecular flexibility index (Phi) is 6.33. The number of nitrogens with zero attached hydrogens (tertiary/aromatic N) is 3. The first-order valence-electron chi connectivity index (χ1n) is 10.2. The molecule has 4 rings (SSSR count). The van der Waals surface area contributed by atoms with E-state index in [1.165, 1.54) is 20.9 Å². The number of hydrogen-bond donors (Lipinski definition) is 1. The minimum atomic E-state index is -0.553. The number of carbonyl (C=O) groups is 2. The van der Waals surface area contributed by atoms with Gasteiger partial charge in [-0.05, 0) is 0 Å². The molecule has 32 heavy (non-hydrogen) atoms. The van der Waals surface area contributed by atoms with Gasteiger partial charge in [-0.3, -0.25) is 0 Å². The molecule has 1 aliphatic rings. The standard InChI is InChI=1S/C25H25N3O2SSe/c1-16-5-9-18(10-6-16)28(19-11-7-17(2)8-12-19)22-14-13-20(32-22)15-21-23(29)26(3)25(31)27(4)24(21)30/h5-15,25,31H,1-4H3. The molecule has 3 aromatic rings. The predicted octanol–water partition coefficient (Wildman–Crippen LogP) is 4.36. The summed E-state index contributed by atoms with van der Waals surface area (Å²) in [5.74, 6) is -0.598. The molecule has 1 saturated heterocycles. The molecule has 7 heteroatoms. The van der Waals surface area contributed by atoms with Crippen molar-refractivity contribution >= 4 is 61.0 Å². The number of carbonyl (C=O) groups excluding carboxylic acids is 2. The predicted molar refractivity (Wildman–Crippen MR) is 134 cm³/mol. The van der Waals surface area contributed by atoms with E-state index in [1.54, 1.807) is 20.2 Å². The number of thiol groups is 1. The van der Waals surface area contributed by atoms with E-state index < -0.39 is 5.50 Å². The van der Waals surface area contributed by atoms with Crippen LogP contribution < -0.4 is 4.90 Å². The quantitative estimate of drug-likeness (QED) is 0.246. The van der Waals surface area contributed by atoms with Crippen molar-refractivity contribution in [2.75, 3.05) is 19.0 Å². The average molecular weight is 511 g/mol. The zero-order valence-electron chi connectivity index (χ0n) is 18.4. The Bertz CT molecular complexity index is 1120. The van der Waals surface area contributed by atoms with Crippen molar-refractivity contribution in [2.24, 2.45) is 0 Å². The van der Waals surface area contributed by atoms with E-state index in [9.17, 15) is 9.59 Å². The molecule has 0 N–H and O–H groups in total. The Labute approximate surface area is 200 Å². The molecule has 1 aliphatic heterocycles. The van der Waals surface area contributed by atoms with E-state index >= 15 is 0 Å². The third-order valence-corrected chi connectivity index (χ3v) is 8.33. The van der Waals surface area contributed by atoms with Gasteiger partial charge in [0, 0.05) is 0 Å². The van der Waals surface area contributed by atoms with E-state index in [4.69, 9.17) is 0 Å². The number of benzene rings is 2. The Hall–Kier alpha value is -2.73. The van der Waals surface area contributed by atoms with Crippen molar-refractivity contribution in [1.29, 1.82) is 0 Å². The molecule has 0 spiro atoms. The van der Waals surface area contributed by atoms with Gasteiger partial charge < -0.3 is 0 Å². The molecule has 0 unspecified atom stereocenters. The van der Waals surface area contributed by atoms with Crippen LogP contribution >= 0.6 is 12.6 Å². The van der Waals surface area contributed by atoms with Crippen LogP contribution in [0.2, 0.25) is 0 Å². The van der Waals surface area contributed by atoms with E-state index in [-0.39, 0.29) is 31.9 Å². The number of anilines is 3. The molecule has 0 radical (unpaired) electrons. The second-order valence-electron chi connectivity index (χ2n) is 7.92. The SMILES string of the molecule is Cc1ccc(N(c2ccc(C)cc2)c2ccc(C=C3C(=O)N(C)C(S)N(C)C3=O)[se]2)cc1. The molecule has 5 nitrogen and oxygen atoms in total. The molecule has 1 aromatic heterocycles. The van der Waals surface area contributed by atoms with Crippen molar-refractivity contribution in [3.63, 3.8) is 0 Å². The molecule has 0 aliphatic carbocycles. The summed E-state index contributed by atoms with van der Waals surface area (Å²) in [7, 11) is 3.32. The molecule has 0 saturated carbocycles. The van der Waals surface area contributed by atoms with Gasteiger partial charge in [0.1, 0.15) is 0 Å². The van der Waals surface area contributed by atoms with Crippen molar-refractivity contribution in [1.82, 2.24) is 9.80 Å². The fraction of sp³-hybridized carbons (Fsp3) is 0.200. The molecule has 0 bridgehead atoms. The Balaban J connectivity index is 1.74. The molecular formula is C25H25N3O2SSe. The topological polar surface area (TPSA) is 43.9 Å². The third kappa shape index (κ3) is 4.29. The van der Waals surface area contributed by atoms with E-state index in [0.717, 1.165) is 20.4 Å². The normalized spacial score (nSPS) is 16.5. The minimum absolute atomic E-state index is 0.0711. The summed E-state index contributed by atoms with van der Waals surface area (Å²) >= 11 is 4.28. The van der Waals surface area contributed by atoms with Crippen LogP contribution in [0.4, 0.5) is 15.9 Å². The van der Waals surface area contributed by atoms with Crippen LogP contribution in [0.1, 0.15) is 15.6 Å². The van der Waals surface area contributed by atoms with Crippen LogP contribution in [-0.2, 0) is 9.59 Å². The molecule has 1 fully saturated rings. The molecular weight excluding hydrogens is 485 g/mol. The van der Waals surface area contributed by atoms with Crippen molar-refractivity contribution in [3.8, 4) is 0 Å². The van der Waals surface area contributed by atoms with Gasteiger partial charge in [-0.2, -0.15) is 0 Å². The van der Waals surface area contributed by atoms with Crippen LogP contribution in [0.3, 0.4) is 0 Å². The van der Waals surface area contributed by atoms with Crippen LogP contribution in [0, 0.1) is 13.8 Å². The Morgan fingerprint density at radius 3 is 1.75 bits per heavy atom. The van der Waals surface area contributed by atoms with Crippen LogP contribution in [0.15, 0.2) is 66.2 Å². The van der Waals surface area contributed by atoms with Gasteiger partial charge in [0.2, 0.25) is 0 Å². The summed E-state index contributed by atoms with van der Waals surface area (Å²) in [4.78, 5) is 30.6. The second kappa shape index (κ2) is 9.02. The fourth-order valence-corrected chi connectivity index (χ4v) is 5.83.